The van der Waals surface area contributed by atoms with Gasteiger partial charge in [0.25, 0.3) is 0 Å². The van der Waals surface area contributed by atoms with Gasteiger partial charge in [0.15, 0.2) is 0 Å². The predicted molar refractivity (Wildman–Crippen MR) is 108 cm³/mol. The van der Waals surface area contributed by atoms with Crippen LogP contribution in [0.25, 0.3) is 5.69 Å². The number of hydrogen-bond donors (Lipinski definition) is 1. The van der Waals surface area contributed by atoms with Gasteiger partial charge in [-0.3, -0.25) is 4.98 Å². The zero-order valence-corrected chi connectivity index (χ0v) is 16.0. The van der Waals surface area contributed by atoms with Gasteiger partial charge in [-0.25, -0.2) is 4.68 Å². The fourth-order valence-electron chi connectivity index (χ4n) is 3.56. The van der Waals surface area contributed by atoms with Crippen LogP contribution in [0.3, 0.4) is 0 Å². The van der Waals surface area contributed by atoms with Gasteiger partial charge in [0, 0.05) is 6.20 Å². The smallest absolute Gasteiger partial charge is 0.247 e. The van der Waals surface area contributed by atoms with Crippen molar-refractivity contribution in [2.75, 3.05) is 25.5 Å². The zero-order valence-electron chi connectivity index (χ0n) is 16.0. The molecule has 6 heteroatoms. The molecule has 1 N–H and O–H groups in total. The number of rotatable bonds is 5. The Morgan fingerprint density at radius 1 is 1.11 bits per heavy atom. The van der Waals surface area contributed by atoms with Crippen molar-refractivity contribution < 1.29 is 0 Å². The number of para-hydroxylation sites is 1. The van der Waals surface area contributed by atoms with Crippen LogP contribution in [0.15, 0.2) is 48.9 Å². The first-order valence-corrected chi connectivity index (χ1v) is 9.55. The maximum atomic E-state index is 4.59. The number of pyridine rings is 1. The third-order valence-electron chi connectivity index (χ3n) is 5.27. The molecular formula is C21H26N6. The molecule has 27 heavy (non-hydrogen) atoms. The quantitative estimate of drug-likeness (QED) is 0.751. The molecule has 0 spiro atoms. The maximum Gasteiger partial charge on any atom is 0.247 e. The number of aryl methyl sites for hydroxylation is 1. The SMILES string of the molecule is Cc1ncc(CC2CCN(C)CC2)cc1Nc1ncn(-c2ccccc2)n1. The third kappa shape index (κ3) is 4.34. The molecule has 0 saturated carbocycles. The Bertz CT molecular complexity index is 881. The summed E-state index contributed by atoms with van der Waals surface area (Å²) in [6, 6.07) is 12.2. The predicted octanol–water partition coefficient (Wildman–Crippen LogP) is 3.60. The van der Waals surface area contributed by atoms with Gasteiger partial charge in [0.2, 0.25) is 5.95 Å². The molecule has 0 bridgehead atoms. The van der Waals surface area contributed by atoms with Crippen LogP contribution in [-0.4, -0.2) is 44.8 Å². The lowest BCUT2D eigenvalue weighted by atomic mass is 9.91. The first-order valence-electron chi connectivity index (χ1n) is 9.55. The topological polar surface area (TPSA) is 58.9 Å². The highest BCUT2D eigenvalue weighted by Crippen LogP contribution is 2.24. The lowest BCUT2D eigenvalue weighted by Crippen LogP contribution is -2.30. The molecule has 0 radical (unpaired) electrons. The Kier molecular flexibility index (Phi) is 5.16. The summed E-state index contributed by atoms with van der Waals surface area (Å²) in [5.41, 5.74) is 4.20. The molecule has 0 amide bonds. The number of anilines is 2. The van der Waals surface area contributed by atoms with Gasteiger partial charge in [0.1, 0.15) is 6.33 Å². The Hall–Kier alpha value is -2.73. The van der Waals surface area contributed by atoms with Crippen molar-refractivity contribution in [2.45, 2.75) is 26.2 Å². The summed E-state index contributed by atoms with van der Waals surface area (Å²) in [4.78, 5) is 11.4. The van der Waals surface area contributed by atoms with Crippen LogP contribution in [0.2, 0.25) is 0 Å². The van der Waals surface area contributed by atoms with E-state index in [1.807, 2.05) is 43.5 Å². The van der Waals surface area contributed by atoms with Crippen molar-refractivity contribution in [3.63, 3.8) is 0 Å². The number of nitrogens with zero attached hydrogens (tertiary/aromatic N) is 5. The van der Waals surface area contributed by atoms with Crippen molar-refractivity contribution in [3.8, 4) is 5.69 Å². The number of piperidine rings is 1. The summed E-state index contributed by atoms with van der Waals surface area (Å²) >= 11 is 0. The van der Waals surface area contributed by atoms with Gasteiger partial charge >= 0.3 is 0 Å². The molecule has 4 rings (SSSR count). The molecule has 1 aliphatic heterocycles. The van der Waals surface area contributed by atoms with E-state index < -0.39 is 0 Å². The van der Waals surface area contributed by atoms with E-state index in [0.717, 1.165) is 29.4 Å². The lowest BCUT2D eigenvalue weighted by molar-refractivity contribution is 0.219. The maximum absolute atomic E-state index is 4.59. The number of aromatic nitrogens is 4. The molecule has 3 heterocycles. The summed E-state index contributed by atoms with van der Waals surface area (Å²) in [5.74, 6) is 1.33. The molecule has 0 aliphatic carbocycles. The number of hydrogen-bond acceptors (Lipinski definition) is 5. The normalized spacial score (nSPS) is 15.8. The van der Waals surface area contributed by atoms with E-state index >= 15 is 0 Å². The van der Waals surface area contributed by atoms with Gasteiger partial charge in [-0.05, 0) is 76.0 Å². The molecule has 1 aromatic carbocycles. The van der Waals surface area contributed by atoms with E-state index in [2.05, 4.69) is 38.4 Å². The summed E-state index contributed by atoms with van der Waals surface area (Å²) < 4.78 is 1.77. The summed E-state index contributed by atoms with van der Waals surface area (Å²) in [5, 5.41) is 7.86. The van der Waals surface area contributed by atoms with Crippen molar-refractivity contribution in [3.05, 3.63) is 60.2 Å². The van der Waals surface area contributed by atoms with E-state index in [1.165, 1.54) is 31.5 Å². The summed E-state index contributed by atoms with van der Waals surface area (Å²) in [6.07, 6.45) is 7.34. The van der Waals surface area contributed by atoms with Crippen molar-refractivity contribution in [2.24, 2.45) is 5.92 Å². The average molecular weight is 362 g/mol. The molecule has 6 nitrogen and oxygen atoms in total. The second kappa shape index (κ2) is 7.88. The van der Waals surface area contributed by atoms with Crippen molar-refractivity contribution in [1.82, 2.24) is 24.6 Å². The van der Waals surface area contributed by atoms with Gasteiger partial charge in [-0.15, -0.1) is 5.10 Å². The van der Waals surface area contributed by atoms with Crippen LogP contribution >= 0.6 is 0 Å². The second-order valence-electron chi connectivity index (χ2n) is 7.40. The van der Waals surface area contributed by atoms with Gasteiger partial charge in [-0.2, -0.15) is 4.98 Å². The van der Waals surface area contributed by atoms with Crippen LogP contribution in [0.4, 0.5) is 11.6 Å². The highest BCUT2D eigenvalue weighted by atomic mass is 15.4. The van der Waals surface area contributed by atoms with Gasteiger partial charge in [-0.1, -0.05) is 18.2 Å². The van der Waals surface area contributed by atoms with E-state index in [1.54, 1.807) is 11.0 Å². The highest BCUT2D eigenvalue weighted by Gasteiger charge is 2.17. The van der Waals surface area contributed by atoms with Crippen LogP contribution in [0, 0.1) is 12.8 Å². The molecule has 1 saturated heterocycles. The second-order valence-corrected chi connectivity index (χ2v) is 7.40. The number of nitrogens with one attached hydrogen (secondary N) is 1. The van der Waals surface area contributed by atoms with Crippen LogP contribution in [-0.2, 0) is 6.42 Å². The number of benzene rings is 1. The summed E-state index contributed by atoms with van der Waals surface area (Å²) in [6.45, 7) is 4.39. The molecule has 140 valence electrons. The van der Waals surface area contributed by atoms with E-state index in [4.69, 9.17) is 0 Å². The standard InChI is InChI=1S/C21H26N6/c1-16-20(13-18(14-22-16)12-17-8-10-26(2)11-9-17)24-21-23-15-27(25-21)19-6-4-3-5-7-19/h3-7,13-15,17H,8-12H2,1-2H3,(H,24,25). The first kappa shape index (κ1) is 17.7. The highest BCUT2D eigenvalue weighted by molar-refractivity contribution is 5.57. The Morgan fingerprint density at radius 3 is 2.67 bits per heavy atom. The van der Waals surface area contributed by atoms with Gasteiger partial charge < -0.3 is 10.2 Å². The largest absolute Gasteiger partial charge is 0.321 e. The number of likely N-dealkylation sites (tertiary alicyclic amines) is 1. The minimum atomic E-state index is 0.584. The van der Waals surface area contributed by atoms with Crippen LogP contribution in [0.5, 0.6) is 0 Å². The Balaban J connectivity index is 1.46. The first-order chi connectivity index (χ1) is 13.2. The van der Waals surface area contributed by atoms with E-state index in [0.29, 0.717) is 5.95 Å². The Morgan fingerprint density at radius 2 is 1.89 bits per heavy atom. The molecule has 1 fully saturated rings. The van der Waals surface area contributed by atoms with Crippen LogP contribution < -0.4 is 5.32 Å². The lowest BCUT2D eigenvalue weighted by Gasteiger charge is -2.29. The van der Waals surface area contributed by atoms with Crippen molar-refractivity contribution >= 4 is 11.6 Å². The molecule has 2 aromatic heterocycles. The fraction of sp³-hybridized carbons (Fsp3) is 0.381. The van der Waals surface area contributed by atoms with Gasteiger partial charge in [0.05, 0.1) is 17.1 Å². The minimum absolute atomic E-state index is 0.584. The van der Waals surface area contributed by atoms with Crippen molar-refractivity contribution in [1.29, 1.82) is 0 Å². The molecule has 1 aliphatic rings. The van der Waals surface area contributed by atoms with E-state index in [9.17, 15) is 0 Å². The monoisotopic (exact) mass is 362 g/mol. The average Bonchev–Trinajstić information content (AvgIpc) is 3.16. The fourth-order valence-corrected chi connectivity index (χ4v) is 3.56. The van der Waals surface area contributed by atoms with E-state index in [-0.39, 0.29) is 0 Å². The zero-order chi connectivity index (χ0) is 18.6. The third-order valence-corrected chi connectivity index (χ3v) is 5.27. The Labute approximate surface area is 160 Å². The molecule has 3 aromatic rings. The van der Waals surface area contributed by atoms with Crippen LogP contribution in [0.1, 0.15) is 24.1 Å². The molecule has 0 unspecified atom stereocenters. The summed E-state index contributed by atoms with van der Waals surface area (Å²) in [7, 11) is 2.20. The molecular weight excluding hydrogens is 336 g/mol. The minimum Gasteiger partial charge on any atom is -0.321 e. The molecule has 0 atom stereocenters.